The molecule has 1 aromatic carbocycles. The van der Waals surface area contributed by atoms with Crippen LogP contribution in [0.3, 0.4) is 0 Å². The van der Waals surface area contributed by atoms with Crippen molar-refractivity contribution < 1.29 is 5.11 Å². The van der Waals surface area contributed by atoms with Crippen LogP contribution < -0.4 is 0 Å². The van der Waals surface area contributed by atoms with E-state index >= 15 is 0 Å². The van der Waals surface area contributed by atoms with Crippen molar-refractivity contribution >= 4 is 10.9 Å². The van der Waals surface area contributed by atoms with Gasteiger partial charge in [-0.1, -0.05) is 0 Å². The van der Waals surface area contributed by atoms with Gasteiger partial charge >= 0.3 is 0 Å². The highest BCUT2D eigenvalue weighted by Crippen LogP contribution is 2.16. The summed E-state index contributed by atoms with van der Waals surface area (Å²) in [6, 6.07) is 4.71. The molecular formula is C8H5N2O. The van der Waals surface area contributed by atoms with Gasteiger partial charge in [0.25, 0.3) is 0 Å². The van der Waals surface area contributed by atoms with E-state index in [2.05, 4.69) is 9.97 Å². The van der Waals surface area contributed by atoms with Crippen LogP contribution in [-0.2, 0) is 5.11 Å². The van der Waals surface area contributed by atoms with Crippen molar-refractivity contribution in [3.63, 3.8) is 0 Å². The van der Waals surface area contributed by atoms with E-state index in [9.17, 15) is 5.11 Å². The summed E-state index contributed by atoms with van der Waals surface area (Å²) in [4.78, 5) is 7.78. The maximum absolute atomic E-state index is 10.8. The molecular weight excluding hydrogens is 140 g/mol. The van der Waals surface area contributed by atoms with Gasteiger partial charge in [-0.05, 0) is 18.2 Å². The summed E-state index contributed by atoms with van der Waals surface area (Å²) in [6.45, 7) is 0. The third-order valence-corrected chi connectivity index (χ3v) is 1.48. The molecule has 0 amide bonds. The number of fused-ring (bicyclic) bond motifs is 1. The van der Waals surface area contributed by atoms with E-state index < -0.39 is 0 Å². The number of aromatic nitrogens is 2. The van der Waals surface area contributed by atoms with Gasteiger partial charge in [0.1, 0.15) is 6.33 Å². The minimum Gasteiger partial charge on any atom is -0.290 e. The average Bonchev–Trinajstić information content (AvgIpc) is 2.04. The molecule has 0 spiro atoms. The number of rotatable bonds is 0. The Morgan fingerprint density at radius 2 is 2.18 bits per heavy atom. The fourth-order valence-electron chi connectivity index (χ4n) is 0.963. The molecule has 1 heterocycles. The first-order chi connectivity index (χ1) is 5.36. The summed E-state index contributed by atoms with van der Waals surface area (Å²) in [5, 5.41) is 11.6. The third kappa shape index (κ3) is 1.00. The molecule has 0 fully saturated rings. The summed E-state index contributed by atoms with van der Waals surface area (Å²) in [5.74, 6) is -0.00713. The lowest BCUT2D eigenvalue weighted by molar-refractivity contribution is 0.355. The molecule has 1 aromatic heterocycles. The van der Waals surface area contributed by atoms with Gasteiger partial charge in [-0.15, -0.1) is 0 Å². The molecule has 0 bridgehead atoms. The van der Waals surface area contributed by atoms with Gasteiger partial charge in [0, 0.05) is 11.6 Å². The highest BCUT2D eigenvalue weighted by Gasteiger charge is 1.94. The second-order valence-corrected chi connectivity index (χ2v) is 2.24. The molecule has 1 radical (unpaired) electrons. The summed E-state index contributed by atoms with van der Waals surface area (Å²) < 4.78 is 0. The van der Waals surface area contributed by atoms with Crippen molar-refractivity contribution in [3.8, 4) is 5.75 Å². The van der Waals surface area contributed by atoms with Gasteiger partial charge in [-0.25, -0.2) is 9.97 Å². The number of hydrogen-bond donors (Lipinski definition) is 0. The van der Waals surface area contributed by atoms with Crippen molar-refractivity contribution in [1.29, 1.82) is 0 Å². The maximum atomic E-state index is 10.8. The van der Waals surface area contributed by atoms with Crippen molar-refractivity contribution in [1.82, 2.24) is 9.97 Å². The minimum atomic E-state index is -0.00713. The lowest BCUT2D eigenvalue weighted by atomic mass is 10.2. The lowest BCUT2D eigenvalue weighted by Crippen LogP contribution is -1.78. The molecule has 0 saturated carbocycles. The molecule has 2 rings (SSSR count). The Labute approximate surface area is 63.3 Å². The molecule has 0 unspecified atom stereocenters. The Morgan fingerprint density at radius 3 is 3.09 bits per heavy atom. The average molecular weight is 145 g/mol. The Kier molecular flexibility index (Phi) is 1.22. The molecule has 0 aliphatic carbocycles. The van der Waals surface area contributed by atoms with Crippen LogP contribution in [0.5, 0.6) is 5.75 Å². The van der Waals surface area contributed by atoms with Crippen LogP contribution in [0.15, 0.2) is 30.7 Å². The van der Waals surface area contributed by atoms with Crippen molar-refractivity contribution in [3.05, 3.63) is 30.7 Å². The quantitative estimate of drug-likeness (QED) is 0.567. The second-order valence-electron chi connectivity index (χ2n) is 2.24. The number of nitrogens with zero attached hydrogens (tertiary/aromatic N) is 2. The van der Waals surface area contributed by atoms with E-state index in [0.717, 1.165) is 10.9 Å². The van der Waals surface area contributed by atoms with E-state index in [1.807, 2.05) is 0 Å². The summed E-state index contributed by atoms with van der Waals surface area (Å²) in [5.41, 5.74) is 0.805. The Hall–Kier alpha value is -1.64. The first kappa shape index (κ1) is 6.09. The summed E-state index contributed by atoms with van der Waals surface area (Å²) in [6.07, 6.45) is 3.09. The molecule has 0 atom stereocenters. The molecule has 0 aliphatic rings. The molecule has 3 nitrogen and oxygen atoms in total. The normalized spacial score (nSPS) is 10.2. The zero-order chi connectivity index (χ0) is 7.68. The highest BCUT2D eigenvalue weighted by atomic mass is 16.3. The lowest BCUT2D eigenvalue weighted by Gasteiger charge is -1.92. The van der Waals surface area contributed by atoms with E-state index in [1.54, 1.807) is 12.3 Å². The fourth-order valence-corrected chi connectivity index (χ4v) is 0.963. The molecule has 0 aliphatic heterocycles. The molecule has 2 aromatic rings. The number of benzene rings is 1. The molecule has 11 heavy (non-hydrogen) atoms. The topological polar surface area (TPSA) is 45.7 Å². The minimum absolute atomic E-state index is 0.00713. The maximum Gasteiger partial charge on any atom is 0.179 e. The SMILES string of the molecule is [O]c1ccc2ncncc2c1. The van der Waals surface area contributed by atoms with E-state index in [-0.39, 0.29) is 5.75 Å². The molecule has 53 valence electrons. The van der Waals surface area contributed by atoms with Crippen molar-refractivity contribution in [2.75, 3.05) is 0 Å². The van der Waals surface area contributed by atoms with Crippen molar-refractivity contribution in [2.24, 2.45) is 0 Å². The Balaban J connectivity index is 2.83. The van der Waals surface area contributed by atoms with Crippen LogP contribution in [0.25, 0.3) is 10.9 Å². The van der Waals surface area contributed by atoms with Crippen LogP contribution in [0.2, 0.25) is 0 Å². The Morgan fingerprint density at radius 1 is 1.27 bits per heavy atom. The Bertz CT molecular complexity index is 387. The standard InChI is InChI=1S/C8H5N2O/c11-7-1-2-8-6(3-7)4-9-5-10-8/h1-5H. The summed E-state index contributed by atoms with van der Waals surface area (Å²) in [7, 11) is 0. The zero-order valence-electron chi connectivity index (χ0n) is 5.69. The van der Waals surface area contributed by atoms with Gasteiger partial charge < -0.3 is 0 Å². The van der Waals surface area contributed by atoms with Crippen LogP contribution >= 0.6 is 0 Å². The van der Waals surface area contributed by atoms with Gasteiger partial charge in [0.2, 0.25) is 0 Å². The zero-order valence-corrected chi connectivity index (χ0v) is 5.69. The smallest absolute Gasteiger partial charge is 0.179 e. The molecule has 3 heteroatoms. The van der Waals surface area contributed by atoms with E-state index in [4.69, 9.17) is 0 Å². The predicted molar refractivity (Wildman–Crippen MR) is 39.7 cm³/mol. The van der Waals surface area contributed by atoms with Gasteiger partial charge in [-0.2, -0.15) is 0 Å². The van der Waals surface area contributed by atoms with Gasteiger partial charge in [0.05, 0.1) is 5.52 Å². The molecule has 0 saturated heterocycles. The van der Waals surface area contributed by atoms with Crippen molar-refractivity contribution in [2.45, 2.75) is 0 Å². The fraction of sp³-hybridized carbons (Fsp3) is 0. The van der Waals surface area contributed by atoms with E-state index in [1.165, 1.54) is 18.5 Å². The van der Waals surface area contributed by atoms with Crippen LogP contribution in [0.4, 0.5) is 0 Å². The monoisotopic (exact) mass is 145 g/mol. The summed E-state index contributed by atoms with van der Waals surface area (Å²) >= 11 is 0. The van der Waals surface area contributed by atoms with Crippen LogP contribution in [0.1, 0.15) is 0 Å². The largest absolute Gasteiger partial charge is 0.290 e. The molecule has 0 N–H and O–H groups in total. The van der Waals surface area contributed by atoms with Crippen LogP contribution in [0, 0.1) is 0 Å². The van der Waals surface area contributed by atoms with E-state index in [0.29, 0.717) is 0 Å². The van der Waals surface area contributed by atoms with Gasteiger partial charge in [-0.3, -0.25) is 5.11 Å². The first-order valence-electron chi connectivity index (χ1n) is 3.23. The number of hydrogen-bond acceptors (Lipinski definition) is 2. The van der Waals surface area contributed by atoms with Gasteiger partial charge in [0.15, 0.2) is 5.75 Å². The highest BCUT2D eigenvalue weighted by molar-refractivity contribution is 5.78. The third-order valence-electron chi connectivity index (χ3n) is 1.48. The van der Waals surface area contributed by atoms with Crippen LogP contribution in [-0.4, -0.2) is 9.97 Å². The first-order valence-corrected chi connectivity index (χ1v) is 3.23. The second kappa shape index (κ2) is 2.20. The predicted octanol–water partition coefficient (Wildman–Crippen LogP) is 1.77.